The lowest BCUT2D eigenvalue weighted by Gasteiger charge is -2.36. The van der Waals surface area contributed by atoms with Gasteiger partial charge in [-0.1, -0.05) is 68.4 Å². The van der Waals surface area contributed by atoms with Gasteiger partial charge in [0, 0.05) is 41.7 Å². The minimum absolute atomic E-state index is 0.0690. The van der Waals surface area contributed by atoms with Crippen molar-refractivity contribution in [2.45, 2.75) is 59.0 Å². The molecular weight excluding hydrogens is 669 g/mol. The molecule has 3 N–H and O–H groups in total. The quantitative estimate of drug-likeness (QED) is 0.182. The molecule has 1 unspecified atom stereocenters. The second kappa shape index (κ2) is 18.4. The molecule has 1 aliphatic heterocycles. The Labute approximate surface area is 302 Å². The Morgan fingerprint density at radius 2 is 1.90 bits per heavy atom. The van der Waals surface area contributed by atoms with Crippen molar-refractivity contribution in [3.05, 3.63) is 82.0 Å². The number of nitrogens with one attached hydrogen (secondary N) is 1. The third-order valence-electron chi connectivity index (χ3n) is 8.49. The third-order valence-corrected chi connectivity index (χ3v) is 9.53. The zero-order valence-electron chi connectivity index (χ0n) is 29.6. The number of carbonyl (C=O) groups is 2. The number of rotatable bonds is 10. The largest absolute Gasteiger partial charge is 0.379 e. The average Bonchev–Trinajstić information content (AvgIpc) is 3.91. The number of aromatic nitrogens is 6. The van der Waals surface area contributed by atoms with E-state index in [9.17, 15) is 9.59 Å². The number of aryl methyl sites for hydroxylation is 1. The maximum Gasteiger partial charge on any atom is 0.257 e. The number of ether oxygens (including phenoxy) is 1. The lowest BCUT2D eigenvalue weighted by Crippen LogP contribution is -2.45. The summed E-state index contributed by atoms with van der Waals surface area (Å²) >= 11 is 1.64. The van der Waals surface area contributed by atoms with Crippen LogP contribution in [0.4, 0.5) is 10.9 Å². The summed E-state index contributed by atoms with van der Waals surface area (Å²) < 4.78 is 11.3. The molecule has 14 nitrogen and oxygen atoms in total. The van der Waals surface area contributed by atoms with Gasteiger partial charge in [0.15, 0.2) is 17.1 Å². The van der Waals surface area contributed by atoms with Gasteiger partial charge >= 0.3 is 0 Å². The molecule has 51 heavy (non-hydrogen) atoms. The number of aldehydes is 1. The van der Waals surface area contributed by atoms with Crippen LogP contribution in [0.2, 0.25) is 0 Å². The highest BCUT2D eigenvalue weighted by Crippen LogP contribution is 2.32. The van der Waals surface area contributed by atoms with Crippen LogP contribution in [0, 0.1) is 0 Å². The first kappa shape index (κ1) is 37.4. The van der Waals surface area contributed by atoms with Gasteiger partial charge in [-0.05, 0) is 67.3 Å². The predicted octanol–water partition coefficient (Wildman–Crippen LogP) is 5.16. The molecule has 1 saturated heterocycles. The van der Waals surface area contributed by atoms with E-state index < -0.39 is 0 Å². The number of amides is 1. The van der Waals surface area contributed by atoms with Crippen LogP contribution in [-0.4, -0.2) is 98.2 Å². The number of fused-ring (bicyclic) bond motifs is 1. The number of anilines is 2. The molecule has 0 spiro atoms. The van der Waals surface area contributed by atoms with Crippen molar-refractivity contribution in [1.29, 1.82) is 0 Å². The second-order valence-corrected chi connectivity index (χ2v) is 13.1. The number of nitrogens with two attached hydrogens (primary N) is 1. The van der Waals surface area contributed by atoms with Crippen molar-refractivity contribution in [2.75, 3.05) is 50.9 Å². The summed E-state index contributed by atoms with van der Waals surface area (Å²) in [4.78, 5) is 34.8. The Bertz CT molecular complexity index is 1850. The normalized spacial score (nSPS) is 15.6. The number of benzene rings is 2. The molecular formula is C36H46N10O4S. The van der Waals surface area contributed by atoms with Crippen LogP contribution < -0.4 is 11.1 Å². The Balaban J connectivity index is 0.000000206. The van der Waals surface area contributed by atoms with Gasteiger partial charge < -0.3 is 15.4 Å². The number of hydrogen-bond acceptors (Lipinski definition) is 13. The molecule has 7 rings (SSSR count). The maximum atomic E-state index is 12.8. The monoisotopic (exact) mass is 714 g/mol. The van der Waals surface area contributed by atoms with Gasteiger partial charge in [0.2, 0.25) is 11.6 Å². The van der Waals surface area contributed by atoms with Crippen LogP contribution in [0.3, 0.4) is 0 Å². The van der Waals surface area contributed by atoms with Crippen LogP contribution in [0.1, 0.15) is 70.6 Å². The molecule has 0 radical (unpaired) electrons. The van der Waals surface area contributed by atoms with Crippen molar-refractivity contribution in [2.24, 2.45) is 0 Å². The highest BCUT2D eigenvalue weighted by molar-refractivity contribution is 7.15. The van der Waals surface area contributed by atoms with Gasteiger partial charge in [0.1, 0.15) is 5.69 Å². The molecule has 4 heterocycles. The fourth-order valence-electron chi connectivity index (χ4n) is 6.14. The predicted molar refractivity (Wildman–Crippen MR) is 197 cm³/mol. The van der Waals surface area contributed by atoms with Crippen molar-refractivity contribution in [1.82, 2.24) is 40.1 Å². The molecule has 1 aliphatic carbocycles. The Kier molecular flexibility index (Phi) is 13.5. The number of carbonyl (C=O) groups excluding carboxylic acids is 2. The summed E-state index contributed by atoms with van der Waals surface area (Å²) in [6.07, 6.45) is 4.90. The number of nitrogen functional groups attached to an aromatic ring is 1. The smallest absolute Gasteiger partial charge is 0.257 e. The standard InChI is InChI=1S/C23H32N4O2S.C11H8N6O2.C2H6/c1-3-9-26(2)16-17-5-4-6-18(14-17)22(28)25-23-24-20-8-7-19(15-21(20)30-23)27-10-12-29-13-11-27;12-10-11(15-19-14-10)17-9(8(6-18)13-16-17)7-4-2-1-3-5-7;1-2/h4-6,14,19H,3,7-13,15-16H2,1-2H3,(H,24,25,28);1-6H,(H2,12,14);1-2H3. The van der Waals surface area contributed by atoms with Crippen LogP contribution in [0.15, 0.2) is 59.2 Å². The zero-order valence-corrected chi connectivity index (χ0v) is 30.4. The first-order valence-electron chi connectivity index (χ1n) is 17.4. The summed E-state index contributed by atoms with van der Waals surface area (Å²) in [6.45, 7) is 11.8. The van der Waals surface area contributed by atoms with Crippen LogP contribution in [0.5, 0.6) is 0 Å². The fraction of sp³-hybridized carbons (Fsp3) is 0.417. The molecule has 2 aromatic carbocycles. The van der Waals surface area contributed by atoms with Crippen LogP contribution in [-0.2, 0) is 24.1 Å². The molecule has 1 fully saturated rings. The molecule has 1 atom stereocenters. The van der Waals surface area contributed by atoms with Crippen molar-refractivity contribution >= 4 is 34.5 Å². The van der Waals surface area contributed by atoms with Gasteiger partial charge in [-0.2, -0.15) is 4.68 Å². The van der Waals surface area contributed by atoms with E-state index in [0.717, 1.165) is 87.0 Å². The second-order valence-electron chi connectivity index (χ2n) is 12.0. The van der Waals surface area contributed by atoms with E-state index in [1.54, 1.807) is 11.3 Å². The van der Waals surface area contributed by atoms with Crippen molar-refractivity contribution in [3.8, 4) is 17.1 Å². The summed E-state index contributed by atoms with van der Waals surface area (Å²) in [5.74, 6) is 0.185. The Hall–Kier alpha value is -4.83. The molecule has 3 aromatic heterocycles. The summed E-state index contributed by atoms with van der Waals surface area (Å²) in [7, 11) is 2.11. The van der Waals surface area contributed by atoms with Crippen molar-refractivity contribution in [3.63, 3.8) is 0 Å². The number of thiazole rings is 1. The number of hydrogen-bond donors (Lipinski definition) is 2. The molecule has 0 saturated carbocycles. The topological polar surface area (TPSA) is 170 Å². The van der Waals surface area contributed by atoms with Crippen LogP contribution in [0.25, 0.3) is 17.1 Å². The highest BCUT2D eigenvalue weighted by atomic mass is 32.1. The first-order valence-corrected chi connectivity index (χ1v) is 18.2. The summed E-state index contributed by atoms with van der Waals surface area (Å²) in [5, 5.41) is 18.5. The van der Waals surface area contributed by atoms with E-state index in [1.165, 1.54) is 9.56 Å². The molecule has 15 heteroatoms. The highest BCUT2D eigenvalue weighted by Gasteiger charge is 2.28. The van der Waals surface area contributed by atoms with Crippen LogP contribution >= 0.6 is 11.3 Å². The summed E-state index contributed by atoms with van der Waals surface area (Å²) in [6, 6.07) is 17.7. The van der Waals surface area contributed by atoms with E-state index in [0.29, 0.717) is 23.6 Å². The minimum Gasteiger partial charge on any atom is -0.379 e. The Morgan fingerprint density at radius 3 is 2.61 bits per heavy atom. The van der Waals surface area contributed by atoms with E-state index >= 15 is 0 Å². The Morgan fingerprint density at radius 1 is 1.12 bits per heavy atom. The van der Waals surface area contributed by atoms with E-state index in [4.69, 9.17) is 15.5 Å². The molecule has 2 aliphatic rings. The first-order chi connectivity index (χ1) is 24.9. The fourth-order valence-corrected chi connectivity index (χ4v) is 7.22. The van der Waals surface area contributed by atoms with Gasteiger partial charge in [-0.25, -0.2) is 9.61 Å². The summed E-state index contributed by atoms with van der Waals surface area (Å²) in [5.41, 5.74) is 10.1. The number of morpholine rings is 1. The SMILES string of the molecule is CC.CCCN(C)Cc1cccc(C(=O)Nc2nc3c(s2)CC(N2CCOCC2)CC3)c1.Nc1nonc1-n1nnc(C=O)c1-c1ccccc1. The van der Waals surface area contributed by atoms with Gasteiger partial charge in [0.25, 0.3) is 5.91 Å². The lowest BCUT2D eigenvalue weighted by atomic mass is 9.96. The van der Waals surface area contributed by atoms with E-state index in [2.05, 4.69) is 60.4 Å². The average molecular weight is 715 g/mol. The van der Waals surface area contributed by atoms with Gasteiger partial charge in [0.05, 0.1) is 18.9 Å². The molecule has 0 bridgehead atoms. The number of nitrogens with zero attached hydrogens (tertiary/aromatic N) is 8. The zero-order chi connectivity index (χ0) is 36.2. The maximum absolute atomic E-state index is 12.8. The van der Waals surface area contributed by atoms with E-state index in [1.807, 2.05) is 62.4 Å². The molecule has 5 aromatic rings. The third kappa shape index (κ3) is 9.49. The molecule has 1 amide bonds. The van der Waals surface area contributed by atoms with Gasteiger partial charge in [-0.15, -0.1) is 16.4 Å². The minimum atomic E-state index is -0.0779. The van der Waals surface area contributed by atoms with Crippen molar-refractivity contribution < 1.29 is 19.0 Å². The van der Waals surface area contributed by atoms with E-state index in [-0.39, 0.29) is 23.2 Å². The molecule has 270 valence electrons. The van der Waals surface area contributed by atoms with Gasteiger partial charge in [-0.3, -0.25) is 19.8 Å². The lowest BCUT2D eigenvalue weighted by molar-refractivity contribution is 0.0139.